The summed E-state index contributed by atoms with van der Waals surface area (Å²) in [5.41, 5.74) is 3.57. The molecule has 0 radical (unpaired) electrons. The van der Waals surface area contributed by atoms with Crippen LogP contribution in [0.4, 0.5) is 5.13 Å². The SMILES string of the molecule is COCCN(CCC(=O)N(CCN(C)C)Cc1ccccc1)c1nc(Cc2ccc(C)cc2)ns1. The molecular weight excluding hydrogens is 458 g/mol. The van der Waals surface area contributed by atoms with Gasteiger partial charge in [-0.3, -0.25) is 4.79 Å². The van der Waals surface area contributed by atoms with E-state index in [0.717, 1.165) is 23.1 Å². The van der Waals surface area contributed by atoms with Gasteiger partial charge in [-0.1, -0.05) is 60.2 Å². The molecule has 1 heterocycles. The Hall–Kier alpha value is -2.81. The van der Waals surface area contributed by atoms with Crippen LogP contribution < -0.4 is 4.90 Å². The van der Waals surface area contributed by atoms with Crippen LogP contribution in [-0.4, -0.2) is 79.1 Å². The number of aryl methyl sites for hydroxylation is 1. The number of hydrogen-bond acceptors (Lipinski definition) is 7. The Bertz CT molecular complexity index is 1020. The van der Waals surface area contributed by atoms with Crippen molar-refractivity contribution >= 4 is 22.6 Å². The van der Waals surface area contributed by atoms with Crippen LogP contribution in [0.25, 0.3) is 0 Å². The lowest BCUT2D eigenvalue weighted by Gasteiger charge is -2.26. The Morgan fingerprint density at radius 1 is 0.943 bits per heavy atom. The molecule has 0 bridgehead atoms. The minimum atomic E-state index is 0.141. The van der Waals surface area contributed by atoms with E-state index in [1.54, 1.807) is 7.11 Å². The normalized spacial score (nSPS) is 11.1. The first-order valence-corrected chi connectivity index (χ1v) is 12.8. The highest BCUT2D eigenvalue weighted by molar-refractivity contribution is 7.09. The quantitative estimate of drug-likeness (QED) is 0.338. The van der Waals surface area contributed by atoms with Gasteiger partial charge in [0.05, 0.1) is 6.61 Å². The summed E-state index contributed by atoms with van der Waals surface area (Å²) in [5.74, 6) is 0.946. The summed E-state index contributed by atoms with van der Waals surface area (Å²) in [6.45, 7) is 6.02. The fraction of sp³-hybridized carbons (Fsp3) is 0.444. The minimum Gasteiger partial charge on any atom is -0.383 e. The molecule has 0 saturated carbocycles. The number of ether oxygens (including phenoxy) is 1. The lowest BCUT2D eigenvalue weighted by molar-refractivity contribution is -0.131. The minimum absolute atomic E-state index is 0.141. The molecule has 188 valence electrons. The van der Waals surface area contributed by atoms with Gasteiger partial charge < -0.3 is 19.4 Å². The van der Waals surface area contributed by atoms with Crippen LogP contribution in [0.5, 0.6) is 0 Å². The van der Waals surface area contributed by atoms with Crippen molar-refractivity contribution in [3.05, 3.63) is 77.1 Å². The van der Waals surface area contributed by atoms with E-state index in [2.05, 4.69) is 57.5 Å². The van der Waals surface area contributed by atoms with Crippen molar-refractivity contribution in [3.63, 3.8) is 0 Å². The first kappa shape index (κ1) is 26.8. The van der Waals surface area contributed by atoms with Crippen LogP contribution in [0.15, 0.2) is 54.6 Å². The van der Waals surface area contributed by atoms with Crippen LogP contribution in [0.3, 0.4) is 0 Å². The third kappa shape index (κ3) is 9.05. The second-order valence-electron chi connectivity index (χ2n) is 8.99. The molecule has 3 aromatic rings. The molecule has 1 aromatic heterocycles. The fourth-order valence-electron chi connectivity index (χ4n) is 3.64. The van der Waals surface area contributed by atoms with E-state index in [9.17, 15) is 4.79 Å². The van der Waals surface area contributed by atoms with Crippen molar-refractivity contribution in [3.8, 4) is 0 Å². The molecule has 35 heavy (non-hydrogen) atoms. The maximum absolute atomic E-state index is 13.3. The number of amides is 1. The molecule has 2 aromatic carbocycles. The summed E-state index contributed by atoms with van der Waals surface area (Å²) in [6.07, 6.45) is 1.11. The fourth-order valence-corrected chi connectivity index (χ4v) is 4.38. The summed E-state index contributed by atoms with van der Waals surface area (Å²) >= 11 is 1.39. The molecule has 0 atom stereocenters. The van der Waals surface area contributed by atoms with Crippen molar-refractivity contribution in [2.75, 3.05) is 58.9 Å². The second kappa shape index (κ2) is 13.9. The van der Waals surface area contributed by atoms with E-state index in [-0.39, 0.29) is 5.91 Å². The summed E-state index contributed by atoms with van der Waals surface area (Å²) in [5, 5.41) is 0.833. The topological polar surface area (TPSA) is 61.8 Å². The predicted molar refractivity (Wildman–Crippen MR) is 143 cm³/mol. The van der Waals surface area contributed by atoms with Gasteiger partial charge in [-0.25, -0.2) is 4.98 Å². The molecule has 0 fully saturated rings. The Balaban J connectivity index is 1.64. The molecule has 0 N–H and O–H groups in total. The van der Waals surface area contributed by atoms with Gasteiger partial charge in [0.2, 0.25) is 11.0 Å². The van der Waals surface area contributed by atoms with Crippen molar-refractivity contribution in [2.45, 2.75) is 26.3 Å². The van der Waals surface area contributed by atoms with Gasteiger partial charge in [-0.2, -0.15) is 4.37 Å². The average molecular weight is 496 g/mol. The number of methoxy groups -OCH3 is 1. The monoisotopic (exact) mass is 495 g/mol. The van der Waals surface area contributed by atoms with Crippen molar-refractivity contribution in [1.82, 2.24) is 19.2 Å². The highest BCUT2D eigenvalue weighted by atomic mass is 32.1. The van der Waals surface area contributed by atoms with Gasteiger partial charge in [-0.15, -0.1) is 0 Å². The smallest absolute Gasteiger partial charge is 0.224 e. The van der Waals surface area contributed by atoms with Crippen molar-refractivity contribution in [1.29, 1.82) is 0 Å². The standard InChI is InChI=1S/C27H37N5O2S/c1-22-10-12-23(13-11-22)20-25-28-27(35-29-25)31(18-19-34-4)15-14-26(33)32(17-16-30(2)3)21-24-8-6-5-7-9-24/h5-13H,14-21H2,1-4H3. The van der Waals surface area contributed by atoms with E-state index < -0.39 is 0 Å². The van der Waals surface area contributed by atoms with Gasteiger partial charge in [0, 0.05) is 64.2 Å². The lowest BCUT2D eigenvalue weighted by Crippen LogP contribution is -2.38. The van der Waals surface area contributed by atoms with Crippen LogP contribution >= 0.6 is 11.5 Å². The molecule has 0 saturated heterocycles. The van der Waals surface area contributed by atoms with Gasteiger partial charge in [0.1, 0.15) is 5.82 Å². The predicted octanol–water partition coefficient (Wildman–Crippen LogP) is 3.87. The molecule has 0 aliphatic heterocycles. The van der Waals surface area contributed by atoms with Crippen molar-refractivity contribution in [2.24, 2.45) is 0 Å². The molecule has 1 amide bonds. The Morgan fingerprint density at radius 2 is 1.69 bits per heavy atom. The van der Waals surface area contributed by atoms with Crippen LogP contribution in [-0.2, 0) is 22.5 Å². The zero-order valence-electron chi connectivity index (χ0n) is 21.3. The van der Waals surface area contributed by atoms with Gasteiger partial charge in [0.25, 0.3) is 0 Å². The first-order valence-electron chi connectivity index (χ1n) is 12.0. The van der Waals surface area contributed by atoms with Crippen LogP contribution in [0, 0.1) is 6.92 Å². The van der Waals surface area contributed by atoms with E-state index in [4.69, 9.17) is 9.72 Å². The molecule has 7 nitrogen and oxygen atoms in total. The molecule has 0 aliphatic carbocycles. The van der Waals surface area contributed by atoms with Crippen LogP contribution in [0.2, 0.25) is 0 Å². The zero-order chi connectivity index (χ0) is 25.0. The number of anilines is 1. The van der Waals surface area contributed by atoms with E-state index in [0.29, 0.717) is 45.6 Å². The number of carbonyl (C=O) groups is 1. The first-order chi connectivity index (χ1) is 16.9. The number of nitrogens with zero attached hydrogens (tertiary/aromatic N) is 5. The highest BCUT2D eigenvalue weighted by Gasteiger charge is 2.18. The molecule has 8 heteroatoms. The number of benzene rings is 2. The van der Waals surface area contributed by atoms with E-state index in [1.807, 2.05) is 37.2 Å². The van der Waals surface area contributed by atoms with Gasteiger partial charge >= 0.3 is 0 Å². The maximum atomic E-state index is 13.3. The van der Waals surface area contributed by atoms with E-state index >= 15 is 0 Å². The second-order valence-corrected chi connectivity index (χ2v) is 9.72. The van der Waals surface area contributed by atoms with Crippen molar-refractivity contribution < 1.29 is 9.53 Å². The molecule has 0 spiro atoms. The number of rotatable bonds is 14. The highest BCUT2D eigenvalue weighted by Crippen LogP contribution is 2.20. The molecular formula is C27H37N5O2S. The zero-order valence-corrected chi connectivity index (χ0v) is 22.1. The summed E-state index contributed by atoms with van der Waals surface area (Å²) < 4.78 is 9.90. The number of hydrogen-bond donors (Lipinski definition) is 0. The Kier molecular flexibility index (Phi) is 10.7. The Labute approximate surface area is 213 Å². The molecule has 3 rings (SSSR count). The summed E-state index contributed by atoms with van der Waals surface area (Å²) in [7, 11) is 5.75. The lowest BCUT2D eigenvalue weighted by atomic mass is 10.1. The summed E-state index contributed by atoms with van der Waals surface area (Å²) in [4.78, 5) is 24.2. The number of aromatic nitrogens is 2. The molecule has 0 aliphatic rings. The van der Waals surface area contributed by atoms with E-state index in [1.165, 1.54) is 22.7 Å². The number of carbonyl (C=O) groups excluding carboxylic acids is 1. The molecule has 0 unspecified atom stereocenters. The maximum Gasteiger partial charge on any atom is 0.224 e. The van der Waals surface area contributed by atoms with Gasteiger partial charge in [0.15, 0.2) is 0 Å². The number of likely N-dealkylation sites (N-methyl/N-ethyl adjacent to an activating group) is 1. The third-order valence-corrected chi connectivity index (χ3v) is 6.57. The average Bonchev–Trinajstić information content (AvgIpc) is 3.32. The van der Waals surface area contributed by atoms with Gasteiger partial charge in [-0.05, 0) is 32.1 Å². The Morgan fingerprint density at radius 3 is 2.37 bits per heavy atom. The van der Waals surface area contributed by atoms with Crippen LogP contribution in [0.1, 0.15) is 28.9 Å². The largest absolute Gasteiger partial charge is 0.383 e. The third-order valence-electron chi connectivity index (χ3n) is 5.76. The summed E-state index contributed by atoms with van der Waals surface area (Å²) in [6, 6.07) is 18.6.